The van der Waals surface area contributed by atoms with Gasteiger partial charge in [-0.3, -0.25) is 0 Å². The molecule has 1 aliphatic rings. The summed E-state index contributed by atoms with van der Waals surface area (Å²) in [5.41, 5.74) is 0.442. The number of nitrogens with one attached hydrogen (secondary N) is 1. The Hall–Kier alpha value is -1.92. The van der Waals surface area contributed by atoms with Crippen LogP contribution in [0.3, 0.4) is 0 Å². The minimum absolute atomic E-state index is 0.126. The first-order chi connectivity index (χ1) is 11.3. The van der Waals surface area contributed by atoms with Gasteiger partial charge in [-0.05, 0) is 46.2 Å². The van der Waals surface area contributed by atoms with Crippen LogP contribution in [0.25, 0.3) is 11.5 Å². The van der Waals surface area contributed by atoms with E-state index in [1.54, 1.807) is 7.11 Å². The molecule has 6 heteroatoms. The molecule has 130 valence electrons. The van der Waals surface area contributed by atoms with Crippen molar-refractivity contribution >= 4 is 0 Å². The van der Waals surface area contributed by atoms with Gasteiger partial charge >= 0.3 is 0 Å². The zero-order valence-electron chi connectivity index (χ0n) is 14.9. The molecular formula is C18H25N3O3. The molecule has 1 fully saturated rings. The van der Waals surface area contributed by atoms with Crippen LogP contribution in [-0.4, -0.2) is 34.6 Å². The third-order valence-electron chi connectivity index (χ3n) is 4.38. The molecule has 1 aromatic heterocycles. The summed E-state index contributed by atoms with van der Waals surface area (Å²) in [6.07, 6.45) is 0.938. The smallest absolute Gasteiger partial charge is 0.251 e. The van der Waals surface area contributed by atoms with Crippen molar-refractivity contribution in [3.8, 4) is 17.2 Å². The molecule has 1 N–H and O–H groups in total. The van der Waals surface area contributed by atoms with E-state index in [4.69, 9.17) is 13.9 Å². The van der Waals surface area contributed by atoms with Crippen LogP contribution >= 0.6 is 0 Å². The molecule has 3 rings (SSSR count). The fourth-order valence-corrected chi connectivity index (χ4v) is 3.35. The van der Waals surface area contributed by atoms with Gasteiger partial charge in [-0.25, -0.2) is 0 Å². The van der Waals surface area contributed by atoms with Gasteiger partial charge in [-0.15, -0.1) is 10.2 Å². The van der Waals surface area contributed by atoms with Crippen molar-refractivity contribution in [2.45, 2.75) is 57.9 Å². The highest BCUT2D eigenvalue weighted by atomic mass is 16.5. The van der Waals surface area contributed by atoms with Crippen LogP contribution in [0.15, 0.2) is 28.7 Å². The van der Waals surface area contributed by atoms with E-state index >= 15 is 0 Å². The van der Waals surface area contributed by atoms with E-state index in [0.29, 0.717) is 24.1 Å². The van der Waals surface area contributed by atoms with E-state index in [-0.39, 0.29) is 17.2 Å². The maximum absolute atomic E-state index is 6.10. The predicted molar refractivity (Wildman–Crippen MR) is 90.8 cm³/mol. The summed E-state index contributed by atoms with van der Waals surface area (Å²) in [5.74, 6) is 1.73. The maximum Gasteiger partial charge on any atom is 0.251 e. The summed E-state index contributed by atoms with van der Waals surface area (Å²) in [4.78, 5) is 0. The summed E-state index contributed by atoms with van der Waals surface area (Å²) >= 11 is 0. The molecule has 0 amide bonds. The van der Waals surface area contributed by atoms with E-state index in [0.717, 1.165) is 12.0 Å². The molecule has 0 aliphatic carbocycles. The zero-order valence-corrected chi connectivity index (χ0v) is 14.9. The van der Waals surface area contributed by atoms with E-state index in [1.807, 2.05) is 24.3 Å². The first kappa shape index (κ1) is 16.9. The van der Waals surface area contributed by atoms with Gasteiger partial charge in [-0.2, -0.15) is 0 Å². The highest BCUT2D eigenvalue weighted by Gasteiger charge is 2.45. The van der Waals surface area contributed by atoms with Crippen LogP contribution < -0.4 is 10.1 Å². The van der Waals surface area contributed by atoms with Crippen LogP contribution in [0.5, 0.6) is 5.75 Å². The molecule has 0 radical (unpaired) electrons. The third-order valence-corrected chi connectivity index (χ3v) is 4.38. The maximum atomic E-state index is 6.10. The molecule has 24 heavy (non-hydrogen) atoms. The zero-order chi connectivity index (χ0) is 17.4. The van der Waals surface area contributed by atoms with Crippen molar-refractivity contribution in [1.82, 2.24) is 15.5 Å². The number of aromatic nitrogens is 2. The van der Waals surface area contributed by atoms with Crippen molar-refractivity contribution < 1.29 is 13.9 Å². The molecule has 0 spiro atoms. The lowest BCUT2D eigenvalue weighted by Gasteiger charge is -2.27. The van der Waals surface area contributed by atoms with Gasteiger partial charge in [0.15, 0.2) is 0 Å². The molecule has 1 aliphatic heterocycles. The largest absolute Gasteiger partial charge is 0.496 e. The molecule has 0 saturated carbocycles. The van der Waals surface area contributed by atoms with Gasteiger partial charge in [0.25, 0.3) is 5.89 Å². The van der Waals surface area contributed by atoms with Gasteiger partial charge < -0.3 is 19.2 Å². The second-order valence-corrected chi connectivity index (χ2v) is 7.30. The molecule has 1 unspecified atom stereocenters. The van der Waals surface area contributed by atoms with Gasteiger partial charge in [0.1, 0.15) is 5.75 Å². The average Bonchev–Trinajstić information content (AvgIpc) is 3.06. The second-order valence-electron chi connectivity index (χ2n) is 7.30. The Morgan fingerprint density at radius 2 is 1.96 bits per heavy atom. The molecule has 0 bridgehead atoms. The Kier molecular flexibility index (Phi) is 4.36. The standard InChI is InChI=1S/C18H25N3O3/c1-17(2)10-14(18(3,4)24-17)19-11-15-20-21-16(23-15)12-8-6-7-9-13(12)22-5/h6-9,14,19H,10-11H2,1-5H3. The molecule has 1 saturated heterocycles. The van der Waals surface area contributed by atoms with E-state index in [1.165, 1.54) is 0 Å². The average molecular weight is 331 g/mol. The number of rotatable bonds is 5. The monoisotopic (exact) mass is 331 g/mol. The first-order valence-corrected chi connectivity index (χ1v) is 8.20. The summed E-state index contributed by atoms with van der Waals surface area (Å²) in [5, 5.41) is 11.8. The Labute approximate surface area is 142 Å². The summed E-state index contributed by atoms with van der Waals surface area (Å²) in [7, 11) is 1.63. The van der Waals surface area contributed by atoms with Gasteiger partial charge in [0.05, 0.1) is 30.4 Å². The van der Waals surface area contributed by atoms with Crippen LogP contribution in [0.2, 0.25) is 0 Å². The third kappa shape index (κ3) is 3.44. The van der Waals surface area contributed by atoms with Gasteiger partial charge in [0.2, 0.25) is 5.89 Å². The lowest BCUT2D eigenvalue weighted by atomic mass is 9.94. The Morgan fingerprint density at radius 1 is 1.21 bits per heavy atom. The number of methoxy groups -OCH3 is 1. The van der Waals surface area contributed by atoms with E-state index < -0.39 is 0 Å². The van der Waals surface area contributed by atoms with E-state index in [2.05, 4.69) is 43.2 Å². The Morgan fingerprint density at radius 3 is 2.62 bits per heavy atom. The SMILES string of the molecule is COc1ccccc1-c1nnc(CNC2CC(C)(C)OC2(C)C)o1. The number of hydrogen-bond acceptors (Lipinski definition) is 6. The number of benzene rings is 1. The van der Waals surface area contributed by atoms with Crippen LogP contribution in [-0.2, 0) is 11.3 Å². The topological polar surface area (TPSA) is 69.4 Å². The van der Waals surface area contributed by atoms with E-state index in [9.17, 15) is 0 Å². The summed E-state index contributed by atoms with van der Waals surface area (Å²) in [6.45, 7) is 8.95. The fourth-order valence-electron chi connectivity index (χ4n) is 3.35. The first-order valence-electron chi connectivity index (χ1n) is 8.20. The van der Waals surface area contributed by atoms with Crippen molar-refractivity contribution in [3.63, 3.8) is 0 Å². The van der Waals surface area contributed by atoms with Crippen molar-refractivity contribution in [1.29, 1.82) is 0 Å². The minimum Gasteiger partial charge on any atom is -0.496 e. The van der Waals surface area contributed by atoms with Crippen molar-refractivity contribution in [3.05, 3.63) is 30.2 Å². The van der Waals surface area contributed by atoms with Gasteiger partial charge in [-0.1, -0.05) is 12.1 Å². The summed E-state index contributed by atoms with van der Waals surface area (Å²) in [6, 6.07) is 7.83. The Balaban J connectivity index is 1.69. The number of para-hydroxylation sites is 1. The highest BCUT2D eigenvalue weighted by molar-refractivity contribution is 5.62. The second kappa shape index (κ2) is 6.18. The molecule has 2 heterocycles. The Bertz CT molecular complexity index is 709. The minimum atomic E-state index is -0.227. The normalized spacial score (nSPS) is 21.8. The van der Waals surface area contributed by atoms with Gasteiger partial charge in [0, 0.05) is 6.04 Å². The van der Waals surface area contributed by atoms with Crippen LogP contribution in [0, 0.1) is 0 Å². The van der Waals surface area contributed by atoms with Crippen LogP contribution in [0.4, 0.5) is 0 Å². The lowest BCUT2D eigenvalue weighted by molar-refractivity contribution is -0.0699. The van der Waals surface area contributed by atoms with Crippen LogP contribution in [0.1, 0.15) is 40.0 Å². The fraction of sp³-hybridized carbons (Fsp3) is 0.556. The molecule has 1 atom stereocenters. The molecule has 1 aromatic carbocycles. The number of ether oxygens (including phenoxy) is 2. The predicted octanol–water partition coefficient (Wildman–Crippen LogP) is 3.18. The lowest BCUT2D eigenvalue weighted by Crippen LogP contribution is -2.43. The quantitative estimate of drug-likeness (QED) is 0.907. The molecule has 2 aromatic rings. The van der Waals surface area contributed by atoms with Crippen molar-refractivity contribution in [2.75, 3.05) is 7.11 Å². The van der Waals surface area contributed by atoms with Crippen molar-refractivity contribution in [2.24, 2.45) is 0 Å². The molecular weight excluding hydrogens is 306 g/mol. The number of nitrogens with zero attached hydrogens (tertiary/aromatic N) is 2. The number of hydrogen-bond donors (Lipinski definition) is 1. The molecule has 6 nitrogen and oxygen atoms in total. The highest BCUT2D eigenvalue weighted by Crippen LogP contribution is 2.37. The summed E-state index contributed by atoms with van der Waals surface area (Å²) < 4.78 is 17.2.